The summed E-state index contributed by atoms with van der Waals surface area (Å²) in [4.78, 5) is 33.0. The first-order chi connectivity index (χ1) is 16.9. The molecule has 1 unspecified atom stereocenters. The standard InChI is InChI=1S/C25H25N3O6S/c1-5-10-28-24(30)21(23(29)27-25(28)31)16-13-20(35-19-9-7-6-8-15(19)26-16)14-11-17(32-2)22(34-4)18(12-14)33-3/h5-9,11-12,20,30H,1,10,13H2,2-4H3,(H,27,29,31). The van der Waals surface area contributed by atoms with Crippen molar-refractivity contribution in [3.8, 4) is 23.1 Å². The highest BCUT2D eigenvalue weighted by Crippen LogP contribution is 2.49. The minimum absolute atomic E-state index is 0.0311. The molecule has 9 nitrogen and oxygen atoms in total. The van der Waals surface area contributed by atoms with Crippen molar-refractivity contribution in [1.29, 1.82) is 0 Å². The summed E-state index contributed by atoms with van der Waals surface area (Å²) >= 11 is 1.57. The number of rotatable bonds is 7. The van der Waals surface area contributed by atoms with Crippen LogP contribution in [-0.2, 0) is 6.54 Å². The molecule has 2 N–H and O–H groups in total. The molecule has 0 spiro atoms. The van der Waals surface area contributed by atoms with Crippen LogP contribution in [0.15, 0.2) is 68.5 Å². The Morgan fingerprint density at radius 3 is 2.49 bits per heavy atom. The molecule has 0 radical (unpaired) electrons. The van der Waals surface area contributed by atoms with E-state index < -0.39 is 17.1 Å². The molecule has 182 valence electrons. The van der Waals surface area contributed by atoms with Crippen molar-refractivity contribution in [1.82, 2.24) is 9.55 Å². The van der Waals surface area contributed by atoms with E-state index in [2.05, 4.69) is 11.6 Å². The lowest BCUT2D eigenvalue weighted by Gasteiger charge is -2.20. The summed E-state index contributed by atoms with van der Waals surface area (Å²) in [6.07, 6.45) is 1.74. The largest absolute Gasteiger partial charge is 0.494 e. The molecule has 1 aliphatic heterocycles. The van der Waals surface area contributed by atoms with Crippen LogP contribution in [0, 0.1) is 0 Å². The lowest BCUT2D eigenvalue weighted by molar-refractivity contribution is 0.324. The Morgan fingerprint density at radius 2 is 1.86 bits per heavy atom. The molecule has 0 saturated carbocycles. The maximum atomic E-state index is 12.9. The van der Waals surface area contributed by atoms with Gasteiger partial charge in [0.25, 0.3) is 5.56 Å². The Kier molecular flexibility index (Phi) is 7.02. The van der Waals surface area contributed by atoms with Gasteiger partial charge in [-0.2, -0.15) is 0 Å². The van der Waals surface area contributed by atoms with E-state index in [0.29, 0.717) is 28.6 Å². The Morgan fingerprint density at radius 1 is 1.17 bits per heavy atom. The molecule has 2 aromatic carbocycles. The summed E-state index contributed by atoms with van der Waals surface area (Å²) in [5.41, 5.74) is 0.367. The van der Waals surface area contributed by atoms with Gasteiger partial charge in [-0.1, -0.05) is 18.2 Å². The third kappa shape index (κ3) is 4.57. The summed E-state index contributed by atoms with van der Waals surface area (Å²) in [6.45, 7) is 3.65. The molecule has 0 amide bonds. The Hall–Kier alpha value is -3.92. The first kappa shape index (κ1) is 24.2. The lowest BCUT2D eigenvalue weighted by Crippen LogP contribution is -2.34. The van der Waals surface area contributed by atoms with Gasteiger partial charge >= 0.3 is 5.69 Å². The van der Waals surface area contributed by atoms with Gasteiger partial charge in [0.15, 0.2) is 11.5 Å². The zero-order chi connectivity index (χ0) is 25.1. The number of allylic oxidation sites excluding steroid dienone is 1. The van der Waals surface area contributed by atoms with Crippen molar-refractivity contribution < 1.29 is 19.3 Å². The fraction of sp³-hybridized carbons (Fsp3) is 0.240. The maximum Gasteiger partial charge on any atom is 0.331 e. The molecule has 2 heterocycles. The van der Waals surface area contributed by atoms with Gasteiger partial charge in [-0.25, -0.2) is 4.79 Å². The number of ether oxygens (including phenoxy) is 3. The predicted molar refractivity (Wildman–Crippen MR) is 135 cm³/mol. The third-order valence-electron chi connectivity index (χ3n) is 5.60. The Balaban J connectivity index is 1.92. The number of nitrogens with one attached hydrogen (secondary N) is 1. The molecule has 4 rings (SSSR count). The van der Waals surface area contributed by atoms with Crippen molar-refractivity contribution in [2.24, 2.45) is 4.99 Å². The highest BCUT2D eigenvalue weighted by Gasteiger charge is 2.28. The summed E-state index contributed by atoms with van der Waals surface area (Å²) in [6, 6.07) is 11.3. The van der Waals surface area contributed by atoms with E-state index in [1.807, 2.05) is 36.4 Å². The van der Waals surface area contributed by atoms with E-state index >= 15 is 0 Å². The molecular weight excluding hydrogens is 470 g/mol. The quantitative estimate of drug-likeness (QED) is 0.479. The van der Waals surface area contributed by atoms with Crippen molar-refractivity contribution in [2.75, 3.05) is 21.3 Å². The summed E-state index contributed by atoms with van der Waals surface area (Å²) in [5, 5.41) is 10.7. The second kappa shape index (κ2) is 10.1. The number of aliphatic imine (C=N–C) groups is 1. The average Bonchev–Trinajstić information content (AvgIpc) is 3.05. The van der Waals surface area contributed by atoms with Crippen LogP contribution in [0.5, 0.6) is 23.1 Å². The number of aromatic hydroxyl groups is 1. The van der Waals surface area contributed by atoms with E-state index in [1.54, 1.807) is 26.0 Å². The maximum absolute atomic E-state index is 12.9. The zero-order valence-electron chi connectivity index (χ0n) is 19.5. The van der Waals surface area contributed by atoms with Crippen LogP contribution in [0.1, 0.15) is 22.8 Å². The monoisotopic (exact) mass is 495 g/mol. The molecule has 1 atom stereocenters. The number of aromatic amines is 1. The highest BCUT2D eigenvalue weighted by atomic mass is 32.2. The van der Waals surface area contributed by atoms with Crippen LogP contribution in [0.25, 0.3) is 0 Å². The number of fused-ring (bicyclic) bond motifs is 1. The molecule has 1 aromatic heterocycles. The minimum Gasteiger partial charge on any atom is -0.494 e. The number of thioether (sulfide) groups is 1. The number of methoxy groups -OCH3 is 3. The second-order valence-corrected chi connectivity index (χ2v) is 8.90. The third-order valence-corrected chi connectivity index (χ3v) is 6.92. The summed E-state index contributed by atoms with van der Waals surface area (Å²) < 4.78 is 17.6. The van der Waals surface area contributed by atoms with Gasteiger partial charge < -0.3 is 19.3 Å². The number of H-pyrrole nitrogens is 1. The van der Waals surface area contributed by atoms with Gasteiger partial charge in [0.05, 0.1) is 32.7 Å². The van der Waals surface area contributed by atoms with Crippen LogP contribution in [0.3, 0.4) is 0 Å². The van der Waals surface area contributed by atoms with Crippen LogP contribution < -0.4 is 25.5 Å². The molecular formula is C25H25N3O6S. The van der Waals surface area contributed by atoms with Crippen molar-refractivity contribution >= 4 is 23.2 Å². The summed E-state index contributed by atoms with van der Waals surface area (Å²) in [5.74, 6) is 1.01. The number of nitrogens with zero attached hydrogens (tertiary/aromatic N) is 2. The smallest absolute Gasteiger partial charge is 0.331 e. The first-order valence-corrected chi connectivity index (χ1v) is 11.6. The van der Waals surface area contributed by atoms with Gasteiger partial charge in [0.2, 0.25) is 11.6 Å². The second-order valence-electron chi connectivity index (χ2n) is 7.65. The van der Waals surface area contributed by atoms with Crippen LogP contribution in [0.4, 0.5) is 5.69 Å². The van der Waals surface area contributed by atoms with E-state index in [4.69, 9.17) is 19.2 Å². The van der Waals surface area contributed by atoms with Gasteiger partial charge in [0.1, 0.15) is 5.56 Å². The zero-order valence-corrected chi connectivity index (χ0v) is 20.3. The summed E-state index contributed by atoms with van der Waals surface area (Å²) in [7, 11) is 4.63. The number of aromatic nitrogens is 2. The number of hydrogen-bond donors (Lipinski definition) is 2. The number of benzene rings is 2. The average molecular weight is 496 g/mol. The van der Waals surface area contributed by atoms with Crippen LogP contribution in [-0.4, -0.2) is 41.7 Å². The number of hydrogen-bond acceptors (Lipinski definition) is 8. The molecule has 0 saturated heterocycles. The molecule has 1 aliphatic rings. The van der Waals surface area contributed by atoms with Crippen molar-refractivity contribution in [3.63, 3.8) is 0 Å². The van der Waals surface area contributed by atoms with Crippen LogP contribution in [0.2, 0.25) is 0 Å². The van der Waals surface area contributed by atoms with Gasteiger partial charge in [-0.3, -0.25) is 19.3 Å². The fourth-order valence-corrected chi connectivity index (χ4v) is 5.17. The Labute approximate surface area is 205 Å². The SMILES string of the molecule is C=CCn1c(O)c(C2=Nc3ccccc3SC(c3cc(OC)c(OC)c(OC)c3)C2)c(=O)[nH]c1=O. The topological polar surface area (TPSA) is 115 Å². The molecule has 35 heavy (non-hydrogen) atoms. The van der Waals surface area contributed by atoms with E-state index in [0.717, 1.165) is 15.0 Å². The highest BCUT2D eigenvalue weighted by molar-refractivity contribution is 7.99. The lowest BCUT2D eigenvalue weighted by atomic mass is 10.0. The van der Waals surface area contributed by atoms with Gasteiger partial charge in [-0.15, -0.1) is 18.3 Å². The number of para-hydroxylation sites is 1. The molecule has 0 fully saturated rings. The van der Waals surface area contributed by atoms with E-state index in [-0.39, 0.29) is 23.8 Å². The van der Waals surface area contributed by atoms with E-state index in [1.165, 1.54) is 13.2 Å². The van der Waals surface area contributed by atoms with Gasteiger partial charge in [-0.05, 0) is 29.8 Å². The van der Waals surface area contributed by atoms with E-state index in [9.17, 15) is 14.7 Å². The molecule has 0 aliphatic carbocycles. The van der Waals surface area contributed by atoms with Gasteiger partial charge in [0, 0.05) is 23.1 Å². The van der Waals surface area contributed by atoms with Crippen LogP contribution >= 0.6 is 11.8 Å². The fourth-order valence-electron chi connectivity index (χ4n) is 3.96. The van der Waals surface area contributed by atoms with Crippen molar-refractivity contribution in [2.45, 2.75) is 23.1 Å². The normalized spacial score (nSPS) is 14.9. The predicted octanol–water partition coefficient (Wildman–Crippen LogP) is 3.81. The molecule has 3 aromatic rings. The minimum atomic E-state index is -0.721. The molecule has 10 heteroatoms. The van der Waals surface area contributed by atoms with Crippen molar-refractivity contribution in [3.05, 3.63) is 81.0 Å². The Bertz CT molecular complexity index is 1400. The molecule has 0 bridgehead atoms. The first-order valence-electron chi connectivity index (χ1n) is 10.7.